The summed E-state index contributed by atoms with van der Waals surface area (Å²) in [6, 6.07) is 25.8. The number of pyridine rings is 1. The Bertz CT molecular complexity index is 1350. The zero-order valence-corrected chi connectivity index (χ0v) is 21.4. The van der Waals surface area contributed by atoms with Crippen LogP contribution in [0.1, 0.15) is 31.9 Å². The standard InChI is InChI=1S/C30H31N3O4/c1-30(2,3)25-11-5-6-13-27(25)37-28-26(12-8-18-31-28)33-29(34)32-22-9-7-10-24(19-22)36-20-21-14-16-23(35-4)17-15-21/h5-19H,20H2,1-4H3,(H2,32,33,34). The maximum atomic E-state index is 12.8. The van der Waals surface area contributed by atoms with Crippen LogP contribution in [0.2, 0.25) is 0 Å². The molecular weight excluding hydrogens is 466 g/mol. The van der Waals surface area contributed by atoms with Crippen LogP contribution in [-0.2, 0) is 12.0 Å². The van der Waals surface area contributed by atoms with E-state index in [0.717, 1.165) is 16.9 Å². The fraction of sp³-hybridized carbons (Fsp3) is 0.200. The van der Waals surface area contributed by atoms with Crippen LogP contribution in [0.5, 0.6) is 23.1 Å². The third-order valence-corrected chi connectivity index (χ3v) is 5.58. The highest BCUT2D eigenvalue weighted by atomic mass is 16.5. The quantitative estimate of drug-likeness (QED) is 0.265. The number of hydrogen-bond acceptors (Lipinski definition) is 5. The van der Waals surface area contributed by atoms with E-state index in [0.29, 0.717) is 35.4 Å². The van der Waals surface area contributed by atoms with Crippen LogP contribution in [0.3, 0.4) is 0 Å². The lowest BCUT2D eigenvalue weighted by Crippen LogP contribution is -2.20. The molecule has 37 heavy (non-hydrogen) atoms. The minimum atomic E-state index is -0.422. The van der Waals surface area contributed by atoms with Crippen LogP contribution in [0.25, 0.3) is 0 Å². The van der Waals surface area contributed by atoms with Gasteiger partial charge in [0, 0.05) is 23.5 Å². The van der Waals surface area contributed by atoms with Gasteiger partial charge in [0.2, 0.25) is 5.88 Å². The Kier molecular flexibility index (Phi) is 7.93. The number of anilines is 2. The van der Waals surface area contributed by atoms with Crippen LogP contribution in [0.4, 0.5) is 16.2 Å². The first-order chi connectivity index (χ1) is 17.8. The predicted molar refractivity (Wildman–Crippen MR) is 146 cm³/mol. The van der Waals surface area contributed by atoms with Gasteiger partial charge in [-0.1, -0.05) is 57.2 Å². The summed E-state index contributed by atoms with van der Waals surface area (Å²) in [5, 5.41) is 5.68. The second-order valence-corrected chi connectivity index (χ2v) is 9.45. The largest absolute Gasteiger partial charge is 0.497 e. The Morgan fingerprint density at radius 2 is 1.65 bits per heavy atom. The van der Waals surface area contributed by atoms with Crippen LogP contribution >= 0.6 is 0 Å². The summed E-state index contributed by atoms with van der Waals surface area (Å²) in [5.41, 5.74) is 2.98. The van der Waals surface area contributed by atoms with E-state index in [1.807, 2.05) is 60.7 Å². The van der Waals surface area contributed by atoms with E-state index in [2.05, 4.69) is 36.4 Å². The van der Waals surface area contributed by atoms with Crippen molar-refractivity contribution in [2.45, 2.75) is 32.8 Å². The van der Waals surface area contributed by atoms with E-state index in [-0.39, 0.29) is 5.41 Å². The first kappa shape index (κ1) is 25.6. The third kappa shape index (κ3) is 7.01. The van der Waals surface area contributed by atoms with Gasteiger partial charge in [-0.15, -0.1) is 0 Å². The Hall–Kier alpha value is -4.52. The molecule has 3 aromatic carbocycles. The molecule has 0 fully saturated rings. The lowest BCUT2D eigenvalue weighted by atomic mass is 9.86. The van der Waals surface area contributed by atoms with Gasteiger partial charge in [0.15, 0.2) is 0 Å². The molecule has 0 aliphatic rings. The van der Waals surface area contributed by atoms with Crippen molar-refractivity contribution in [3.63, 3.8) is 0 Å². The second-order valence-electron chi connectivity index (χ2n) is 9.45. The van der Waals surface area contributed by atoms with Gasteiger partial charge in [-0.25, -0.2) is 9.78 Å². The number of carbonyl (C=O) groups is 1. The molecule has 0 saturated carbocycles. The number of methoxy groups -OCH3 is 1. The van der Waals surface area contributed by atoms with Gasteiger partial charge in [-0.05, 0) is 53.4 Å². The van der Waals surface area contributed by atoms with Crippen molar-refractivity contribution in [2.24, 2.45) is 0 Å². The molecule has 0 bridgehead atoms. The molecule has 0 spiro atoms. The molecule has 7 heteroatoms. The van der Waals surface area contributed by atoms with Gasteiger partial charge in [0.1, 0.15) is 29.5 Å². The molecule has 2 N–H and O–H groups in total. The SMILES string of the molecule is COc1ccc(COc2cccc(NC(=O)Nc3cccnc3Oc3ccccc3C(C)(C)C)c2)cc1. The lowest BCUT2D eigenvalue weighted by molar-refractivity contribution is 0.262. The number of benzene rings is 3. The van der Waals surface area contributed by atoms with Crippen molar-refractivity contribution >= 4 is 17.4 Å². The van der Waals surface area contributed by atoms with Gasteiger partial charge in [-0.2, -0.15) is 0 Å². The highest BCUT2D eigenvalue weighted by Crippen LogP contribution is 2.35. The number of hydrogen-bond donors (Lipinski definition) is 2. The highest BCUT2D eigenvalue weighted by molar-refractivity contribution is 6.00. The molecule has 0 atom stereocenters. The van der Waals surface area contributed by atoms with Gasteiger partial charge in [-0.3, -0.25) is 0 Å². The molecule has 0 aliphatic heterocycles. The maximum absolute atomic E-state index is 12.8. The number of carbonyl (C=O) groups excluding carboxylic acids is 1. The summed E-state index contributed by atoms with van der Waals surface area (Å²) in [7, 11) is 1.63. The molecule has 190 valence electrons. The van der Waals surface area contributed by atoms with Crippen molar-refractivity contribution in [3.8, 4) is 23.1 Å². The number of para-hydroxylation sites is 1. The molecule has 2 amide bonds. The summed E-state index contributed by atoms with van der Waals surface area (Å²) in [6.45, 7) is 6.76. The minimum absolute atomic E-state index is 0.114. The van der Waals surface area contributed by atoms with E-state index < -0.39 is 6.03 Å². The normalized spacial score (nSPS) is 10.9. The van der Waals surface area contributed by atoms with Crippen molar-refractivity contribution in [2.75, 3.05) is 17.7 Å². The number of nitrogens with zero attached hydrogens (tertiary/aromatic N) is 1. The Labute approximate surface area is 217 Å². The number of aromatic nitrogens is 1. The van der Waals surface area contributed by atoms with E-state index in [4.69, 9.17) is 14.2 Å². The summed E-state index contributed by atoms with van der Waals surface area (Å²) < 4.78 is 17.2. The zero-order valence-electron chi connectivity index (χ0n) is 21.4. The zero-order chi connectivity index (χ0) is 26.3. The van der Waals surface area contributed by atoms with Gasteiger partial charge in [0.25, 0.3) is 0 Å². The van der Waals surface area contributed by atoms with Gasteiger partial charge >= 0.3 is 6.03 Å². The maximum Gasteiger partial charge on any atom is 0.323 e. The highest BCUT2D eigenvalue weighted by Gasteiger charge is 2.20. The van der Waals surface area contributed by atoms with Crippen molar-refractivity contribution < 1.29 is 19.0 Å². The lowest BCUT2D eigenvalue weighted by Gasteiger charge is -2.22. The summed E-state index contributed by atoms with van der Waals surface area (Å²) in [4.78, 5) is 17.1. The molecule has 0 unspecified atom stereocenters. The smallest absolute Gasteiger partial charge is 0.323 e. The Morgan fingerprint density at radius 3 is 2.41 bits per heavy atom. The third-order valence-electron chi connectivity index (χ3n) is 5.58. The Morgan fingerprint density at radius 1 is 0.865 bits per heavy atom. The number of nitrogens with one attached hydrogen (secondary N) is 2. The molecule has 4 aromatic rings. The predicted octanol–water partition coefficient (Wildman–Crippen LogP) is 7.40. The topological polar surface area (TPSA) is 81.7 Å². The summed E-state index contributed by atoms with van der Waals surface area (Å²) in [6.07, 6.45) is 1.63. The molecule has 7 nitrogen and oxygen atoms in total. The second kappa shape index (κ2) is 11.5. The summed E-state index contributed by atoms with van der Waals surface area (Å²) in [5.74, 6) is 2.43. The number of rotatable bonds is 8. The van der Waals surface area contributed by atoms with E-state index in [1.165, 1.54) is 0 Å². The molecule has 4 rings (SSSR count). The first-order valence-corrected chi connectivity index (χ1v) is 12.0. The molecule has 1 heterocycles. The number of urea groups is 1. The average Bonchev–Trinajstić information content (AvgIpc) is 2.89. The fourth-order valence-electron chi connectivity index (χ4n) is 3.68. The molecule has 1 aromatic heterocycles. The van der Waals surface area contributed by atoms with Crippen molar-refractivity contribution in [1.82, 2.24) is 4.98 Å². The first-order valence-electron chi connectivity index (χ1n) is 12.0. The van der Waals surface area contributed by atoms with Crippen LogP contribution in [0, 0.1) is 0 Å². The molecule has 0 radical (unpaired) electrons. The Balaban J connectivity index is 1.40. The van der Waals surface area contributed by atoms with Gasteiger partial charge < -0.3 is 24.8 Å². The van der Waals surface area contributed by atoms with E-state index in [9.17, 15) is 4.79 Å². The summed E-state index contributed by atoms with van der Waals surface area (Å²) >= 11 is 0. The fourth-order valence-corrected chi connectivity index (χ4v) is 3.68. The minimum Gasteiger partial charge on any atom is -0.497 e. The average molecular weight is 498 g/mol. The van der Waals surface area contributed by atoms with Crippen LogP contribution < -0.4 is 24.8 Å². The molecule has 0 saturated heterocycles. The monoisotopic (exact) mass is 497 g/mol. The molecular formula is C30H31N3O4. The number of ether oxygens (including phenoxy) is 3. The number of amides is 2. The van der Waals surface area contributed by atoms with Crippen molar-refractivity contribution in [1.29, 1.82) is 0 Å². The van der Waals surface area contributed by atoms with Crippen LogP contribution in [0.15, 0.2) is 91.1 Å². The van der Waals surface area contributed by atoms with Crippen molar-refractivity contribution in [3.05, 3.63) is 102 Å². The van der Waals surface area contributed by atoms with Crippen LogP contribution in [-0.4, -0.2) is 18.1 Å². The van der Waals surface area contributed by atoms with E-state index in [1.54, 1.807) is 37.6 Å². The van der Waals surface area contributed by atoms with E-state index >= 15 is 0 Å². The molecule has 0 aliphatic carbocycles. The van der Waals surface area contributed by atoms with Gasteiger partial charge in [0.05, 0.1) is 7.11 Å².